The lowest BCUT2D eigenvalue weighted by atomic mass is 9.86. The third kappa shape index (κ3) is 2.69. The monoisotopic (exact) mass is 449 g/mol. The number of likely N-dealkylation sites (N-methyl/N-ethyl adjacent to an activating group) is 1. The van der Waals surface area contributed by atoms with E-state index in [0.29, 0.717) is 40.6 Å². The van der Waals surface area contributed by atoms with Crippen LogP contribution in [0.5, 0.6) is 11.5 Å². The highest BCUT2D eigenvalue weighted by Crippen LogP contribution is 2.43. The molecule has 0 radical (unpaired) electrons. The van der Waals surface area contributed by atoms with E-state index in [9.17, 15) is 14.7 Å². The fourth-order valence-electron chi connectivity index (χ4n) is 5.09. The molecule has 0 unspecified atom stereocenters. The fourth-order valence-corrected chi connectivity index (χ4v) is 5.09. The highest BCUT2D eigenvalue weighted by Gasteiger charge is 2.45. The summed E-state index contributed by atoms with van der Waals surface area (Å²) in [7, 11) is 1.90. The van der Waals surface area contributed by atoms with Crippen LogP contribution in [0.25, 0.3) is 22.3 Å². The van der Waals surface area contributed by atoms with Crippen LogP contribution in [0.1, 0.15) is 35.6 Å². The van der Waals surface area contributed by atoms with Gasteiger partial charge in [0.15, 0.2) is 17.1 Å². The number of aromatic nitrogens is 2. The van der Waals surface area contributed by atoms with Gasteiger partial charge in [-0.25, -0.2) is 9.78 Å². The number of aliphatic hydroxyl groups is 1. The summed E-state index contributed by atoms with van der Waals surface area (Å²) in [6.07, 6.45) is 0.844. The number of pyridine rings is 2. The number of rotatable bonds is 4. The lowest BCUT2D eigenvalue weighted by molar-refractivity contribution is -0.172. The van der Waals surface area contributed by atoms with Crippen molar-refractivity contribution in [3.63, 3.8) is 0 Å². The zero-order valence-corrected chi connectivity index (χ0v) is 18.4. The first-order chi connectivity index (χ1) is 16.0. The molecule has 2 aromatic heterocycles. The van der Waals surface area contributed by atoms with Crippen LogP contribution < -0.4 is 20.3 Å². The van der Waals surface area contributed by atoms with Crippen molar-refractivity contribution in [1.29, 1.82) is 0 Å². The van der Waals surface area contributed by atoms with E-state index < -0.39 is 11.6 Å². The predicted octanol–water partition coefficient (Wildman–Crippen LogP) is 1.57. The molecule has 9 heteroatoms. The fraction of sp³-hybridized carbons (Fsp3) is 0.375. The molecule has 5 heterocycles. The predicted molar refractivity (Wildman–Crippen MR) is 118 cm³/mol. The van der Waals surface area contributed by atoms with Gasteiger partial charge in [0.05, 0.1) is 29.0 Å². The Morgan fingerprint density at radius 1 is 1.15 bits per heavy atom. The normalized spacial score (nSPS) is 19.9. The first-order valence-electron chi connectivity index (χ1n) is 11.0. The zero-order chi connectivity index (χ0) is 22.9. The standard InChI is InChI=1S/C24H23N3O6/c1-3-24(30)16-7-18-21-14(9-27(18)22(28)15(16)10-31-23(24)29)12(4-5-25-2)13-6-19-20(33-11-32-19)8-17(13)26-21/h6-8,25,30H,3-5,9-11H2,1-2H3/t24-/m0/s1. The molecule has 3 aliphatic heterocycles. The van der Waals surface area contributed by atoms with Crippen molar-refractivity contribution in [2.24, 2.45) is 0 Å². The number of esters is 1. The number of carbonyl (C=O) groups is 1. The number of cyclic esters (lactones) is 1. The van der Waals surface area contributed by atoms with E-state index in [1.165, 1.54) is 0 Å². The largest absolute Gasteiger partial charge is 0.458 e. The minimum absolute atomic E-state index is 0.108. The Morgan fingerprint density at radius 2 is 1.94 bits per heavy atom. The molecule has 0 aliphatic carbocycles. The molecule has 0 amide bonds. The molecule has 33 heavy (non-hydrogen) atoms. The minimum atomic E-state index is -1.84. The van der Waals surface area contributed by atoms with Gasteiger partial charge in [0.25, 0.3) is 5.56 Å². The van der Waals surface area contributed by atoms with Crippen molar-refractivity contribution >= 4 is 16.9 Å². The molecule has 2 N–H and O–H groups in total. The van der Waals surface area contributed by atoms with Crippen LogP contribution in [0.4, 0.5) is 0 Å². The first-order valence-corrected chi connectivity index (χ1v) is 11.0. The molecule has 1 atom stereocenters. The number of hydrogen-bond donors (Lipinski definition) is 2. The topological polar surface area (TPSA) is 112 Å². The van der Waals surface area contributed by atoms with Crippen LogP contribution in [-0.4, -0.2) is 41.0 Å². The van der Waals surface area contributed by atoms with Gasteiger partial charge >= 0.3 is 5.97 Å². The van der Waals surface area contributed by atoms with Gasteiger partial charge in [0.1, 0.15) is 6.61 Å². The second kappa shape index (κ2) is 7.03. The molecule has 3 aromatic rings. The average Bonchev–Trinajstić information content (AvgIpc) is 3.42. The number of nitrogens with one attached hydrogen (secondary N) is 1. The van der Waals surface area contributed by atoms with Crippen LogP contribution in [0.2, 0.25) is 0 Å². The lowest BCUT2D eigenvalue weighted by Gasteiger charge is -2.31. The number of hydrogen-bond acceptors (Lipinski definition) is 8. The van der Waals surface area contributed by atoms with Gasteiger partial charge in [-0.3, -0.25) is 4.79 Å². The second-order valence-corrected chi connectivity index (χ2v) is 8.60. The molecule has 0 bridgehead atoms. The molecule has 170 valence electrons. The SMILES string of the molecule is CC[C@@]1(O)C(=O)OCc2c1cc1n(c2=O)Cc2c-1nc1cc3c(cc1c2CCNC)OCO3. The summed E-state index contributed by atoms with van der Waals surface area (Å²) in [5.41, 5.74) is 2.59. The Hall–Kier alpha value is -3.43. The van der Waals surface area contributed by atoms with Crippen molar-refractivity contribution in [2.75, 3.05) is 20.4 Å². The van der Waals surface area contributed by atoms with Crippen molar-refractivity contribution in [2.45, 2.75) is 38.5 Å². The van der Waals surface area contributed by atoms with E-state index in [1.54, 1.807) is 17.6 Å². The van der Waals surface area contributed by atoms with Crippen LogP contribution in [0.3, 0.4) is 0 Å². The maximum atomic E-state index is 13.4. The van der Waals surface area contributed by atoms with Crippen LogP contribution >= 0.6 is 0 Å². The van der Waals surface area contributed by atoms with Gasteiger partial charge in [0, 0.05) is 22.6 Å². The Bertz CT molecular complexity index is 1410. The van der Waals surface area contributed by atoms with E-state index >= 15 is 0 Å². The van der Waals surface area contributed by atoms with Crippen molar-refractivity contribution < 1.29 is 24.1 Å². The summed E-state index contributed by atoms with van der Waals surface area (Å²) in [4.78, 5) is 30.8. The van der Waals surface area contributed by atoms with E-state index in [0.717, 1.165) is 35.0 Å². The summed E-state index contributed by atoms with van der Waals surface area (Å²) in [6.45, 7) is 2.84. The van der Waals surface area contributed by atoms with Crippen molar-refractivity contribution in [1.82, 2.24) is 14.9 Å². The number of nitrogens with zero attached hydrogens (tertiary/aromatic N) is 2. The molecule has 0 saturated heterocycles. The molecule has 1 aromatic carbocycles. The summed E-state index contributed by atoms with van der Waals surface area (Å²) < 4.78 is 18.0. The highest BCUT2D eigenvalue weighted by molar-refractivity contribution is 5.91. The summed E-state index contributed by atoms with van der Waals surface area (Å²) >= 11 is 0. The quantitative estimate of drug-likeness (QED) is 0.452. The van der Waals surface area contributed by atoms with Gasteiger partial charge in [-0.05, 0) is 44.1 Å². The first kappa shape index (κ1) is 20.2. The molecule has 6 rings (SSSR count). The molecule has 0 spiro atoms. The molecule has 0 saturated carbocycles. The van der Waals surface area contributed by atoms with Gasteiger partial charge in [-0.15, -0.1) is 0 Å². The Kier molecular flexibility index (Phi) is 4.30. The van der Waals surface area contributed by atoms with E-state index in [4.69, 9.17) is 19.2 Å². The van der Waals surface area contributed by atoms with Crippen molar-refractivity contribution in [3.8, 4) is 22.9 Å². The van der Waals surface area contributed by atoms with Gasteiger partial charge in [0.2, 0.25) is 6.79 Å². The Morgan fingerprint density at radius 3 is 2.70 bits per heavy atom. The molecule has 0 fully saturated rings. The van der Waals surface area contributed by atoms with Crippen molar-refractivity contribution in [3.05, 3.63) is 50.8 Å². The second-order valence-electron chi connectivity index (χ2n) is 8.60. The summed E-state index contributed by atoms with van der Waals surface area (Å²) in [6, 6.07) is 5.55. The highest BCUT2D eigenvalue weighted by atomic mass is 16.7. The minimum Gasteiger partial charge on any atom is -0.458 e. The maximum absolute atomic E-state index is 13.4. The van der Waals surface area contributed by atoms with E-state index in [-0.39, 0.29) is 25.4 Å². The Balaban J connectivity index is 1.63. The van der Waals surface area contributed by atoms with Gasteiger partial charge < -0.3 is 29.2 Å². The van der Waals surface area contributed by atoms with E-state index in [2.05, 4.69) is 5.32 Å². The number of benzene rings is 1. The number of fused-ring (bicyclic) bond motifs is 6. The average molecular weight is 449 g/mol. The maximum Gasteiger partial charge on any atom is 0.343 e. The lowest BCUT2D eigenvalue weighted by Crippen LogP contribution is -2.44. The Labute approximate surface area is 188 Å². The molecule has 9 nitrogen and oxygen atoms in total. The zero-order valence-electron chi connectivity index (χ0n) is 18.4. The van der Waals surface area contributed by atoms with Gasteiger partial charge in [-0.2, -0.15) is 0 Å². The molecule has 3 aliphatic rings. The number of carbonyl (C=O) groups excluding carboxylic acids is 1. The molecular formula is C24H23N3O6. The third-order valence-corrected chi connectivity index (χ3v) is 6.93. The van der Waals surface area contributed by atoms with Crippen LogP contribution in [0, 0.1) is 0 Å². The summed E-state index contributed by atoms with van der Waals surface area (Å²) in [5.74, 6) is 0.592. The smallest absolute Gasteiger partial charge is 0.343 e. The van der Waals surface area contributed by atoms with Crippen LogP contribution in [-0.2, 0) is 34.7 Å². The molecular weight excluding hydrogens is 426 g/mol. The van der Waals surface area contributed by atoms with E-state index in [1.807, 2.05) is 19.2 Å². The number of ether oxygens (including phenoxy) is 3. The summed E-state index contributed by atoms with van der Waals surface area (Å²) in [5, 5.41) is 15.2. The third-order valence-electron chi connectivity index (χ3n) is 6.93. The van der Waals surface area contributed by atoms with Crippen LogP contribution in [0.15, 0.2) is 23.0 Å². The van der Waals surface area contributed by atoms with Gasteiger partial charge in [-0.1, -0.05) is 6.92 Å².